The zero-order valence-corrected chi connectivity index (χ0v) is 22.5. The number of carbonyl (C=O) groups is 3. The van der Waals surface area contributed by atoms with Crippen molar-refractivity contribution in [2.24, 2.45) is 11.8 Å². The van der Waals surface area contributed by atoms with Gasteiger partial charge < -0.3 is 20.1 Å². The van der Waals surface area contributed by atoms with Crippen molar-refractivity contribution in [2.45, 2.75) is 71.8 Å². The number of nitrogens with zero attached hydrogens (tertiary/aromatic N) is 2. The van der Waals surface area contributed by atoms with Gasteiger partial charge in [0.15, 0.2) is 0 Å². The average molecular weight is 578 g/mol. The zero-order chi connectivity index (χ0) is 29.1. The molecule has 2 aromatic carbocycles. The van der Waals surface area contributed by atoms with Crippen molar-refractivity contribution in [3.8, 4) is 5.75 Å². The number of ether oxygens (including phenoxy) is 1. The number of hydrogen-bond acceptors (Lipinski definition) is 4. The lowest BCUT2D eigenvalue weighted by atomic mass is 9.72. The number of aliphatic carboxylic acids is 1. The lowest BCUT2D eigenvalue weighted by Gasteiger charge is -2.43. The van der Waals surface area contributed by atoms with Crippen molar-refractivity contribution in [3.05, 3.63) is 59.7 Å². The van der Waals surface area contributed by atoms with E-state index in [9.17, 15) is 27.6 Å². The highest BCUT2D eigenvalue weighted by Crippen LogP contribution is 2.45. The van der Waals surface area contributed by atoms with Crippen molar-refractivity contribution in [3.63, 3.8) is 0 Å². The molecule has 2 aliphatic rings. The van der Waals surface area contributed by atoms with Crippen LogP contribution in [-0.4, -0.2) is 52.9 Å². The van der Waals surface area contributed by atoms with Gasteiger partial charge in [0.05, 0.1) is 18.5 Å². The number of anilines is 1. The third-order valence-electron chi connectivity index (χ3n) is 7.93. The Kier molecular flexibility index (Phi) is 9.94. The molecule has 1 aliphatic carbocycles. The Hall–Kier alpha value is -3.76. The fraction of sp³-hybridized carbons (Fsp3) is 0.500. The molecule has 1 saturated carbocycles. The maximum Gasteiger partial charge on any atom is 0.573 e. The van der Waals surface area contributed by atoms with Gasteiger partial charge in [0.1, 0.15) is 5.75 Å². The van der Waals surface area contributed by atoms with Crippen LogP contribution in [0.5, 0.6) is 5.75 Å². The van der Waals surface area contributed by atoms with E-state index < -0.39 is 17.9 Å². The summed E-state index contributed by atoms with van der Waals surface area (Å²) < 4.78 is 42.6. The van der Waals surface area contributed by atoms with Crippen molar-refractivity contribution >= 4 is 23.6 Å². The monoisotopic (exact) mass is 577 g/mol. The number of rotatable bonds is 9. The smallest absolute Gasteiger partial charge is 0.481 e. The van der Waals surface area contributed by atoms with Crippen LogP contribution in [0.2, 0.25) is 0 Å². The quantitative estimate of drug-likeness (QED) is 0.357. The Balaban J connectivity index is 0.00000462. The molecule has 0 bridgehead atoms. The Morgan fingerprint density at radius 1 is 1.12 bits per heavy atom. The molecule has 41 heavy (non-hydrogen) atoms. The first-order chi connectivity index (χ1) is 18.9. The summed E-state index contributed by atoms with van der Waals surface area (Å²) in [5, 5.41) is 11.3. The van der Waals surface area contributed by atoms with Gasteiger partial charge in [-0.3, -0.25) is 14.5 Å². The molecule has 0 radical (unpaired) electrons. The molecule has 1 spiro atoms. The molecule has 3 amide bonds. The summed E-state index contributed by atoms with van der Waals surface area (Å²) in [6.45, 7) is 5.04. The summed E-state index contributed by atoms with van der Waals surface area (Å²) in [5.74, 6) is -0.717. The first kappa shape index (κ1) is 31.8. The highest BCUT2D eigenvalue weighted by atomic mass is 19.4. The largest absolute Gasteiger partial charge is 0.573 e. The van der Waals surface area contributed by atoms with Crippen LogP contribution in [0.1, 0.15) is 69.3 Å². The van der Waals surface area contributed by atoms with Crippen molar-refractivity contribution in [2.75, 3.05) is 18.0 Å². The van der Waals surface area contributed by atoms with E-state index in [-0.39, 0.29) is 44.6 Å². The molecule has 2 aromatic rings. The minimum Gasteiger partial charge on any atom is -0.481 e. The van der Waals surface area contributed by atoms with Crippen LogP contribution >= 0.6 is 0 Å². The first-order valence-corrected chi connectivity index (χ1v) is 13.4. The second kappa shape index (κ2) is 12.8. The van der Waals surface area contributed by atoms with Crippen LogP contribution in [0.25, 0.3) is 0 Å². The zero-order valence-electron chi connectivity index (χ0n) is 22.5. The number of benzene rings is 2. The summed E-state index contributed by atoms with van der Waals surface area (Å²) in [6, 6.07) is 12.0. The molecule has 2 fully saturated rings. The van der Waals surface area contributed by atoms with Gasteiger partial charge in [0, 0.05) is 30.4 Å². The lowest BCUT2D eigenvalue weighted by Crippen LogP contribution is -2.49. The van der Waals surface area contributed by atoms with E-state index in [0.717, 1.165) is 31.2 Å². The van der Waals surface area contributed by atoms with Gasteiger partial charge >= 0.3 is 18.4 Å². The predicted octanol–water partition coefficient (Wildman–Crippen LogP) is 6.45. The summed E-state index contributed by atoms with van der Waals surface area (Å²) in [6.07, 6.45) is -1.57. The number of amides is 3. The molecule has 0 atom stereocenters. The third-order valence-corrected chi connectivity index (χ3v) is 7.93. The van der Waals surface area contributed by atoms with E-state index >= 15 is 0 Å². The van der Waals surface area contributed by atoms with E-state index in [1.165, 1.54) is 23.1 Å². The molecule has 8 nitrogen and oxygen atoms in total. The van der Waals surface area contributed by atoms with Gasteiger partial charge in [-0.2, -0.15) is 0 Å². The molecule has 224 valence electrons. The van der Waals surface area contributed by atoms with Crippen LogP contribution in [0.4, 0.5) is 23.7 Å². The number of carboxylic acid groups (broad SMARTS) is 1. The van der Waals surface area contributed by atoms with Gasteiger partial charge in [-0.05, 0) is 67.3 Å². The van der Waals surface area contributed by atoms with E-state index in [2.05, 4.69) is 23.9 Å². The molecule has 2 N–H and O–H groups in total. The molecule has 1 heterocycles. The maximum atomic E-state index is 13.8. The van der Waals surface area contributed by atoms with Gasteiger partial charge in [0.25, 0.3) is 5.91 Å². The number of hydrogen-bond donors (Lipinski definition) is 2. The number of alkyl halides is 3. The molecule has 11 heteroatoms. The van der Waals surface area contributed by atoms with Crippen LogP contribution < -0.4 is 15.0 Å². The van der Waals surface area contributed by atoms with E-state index in [1.807, 2.05) is 4.90 Å². The molecular formula is C30H38F3N3O5. The van der Waals surface area contributed by atoms with Gasteiger partial charge in [-0.1, -0.05) is 39.5 Å². The first-order valence-electron chi connectivity index (χ1n) is 13.4. The minimum atomic E-state index is -4.84. The number of halogens is 3. The number of carbonyl (C=O) groups excluding carboxylic acids is 2. The van der Waals surface area contributed by atoms with Crippen molar-refractivity contribution in [1.29, 1.82) is 0 Å². The average Bonchev–Trinajstić information content (AvgIpc) is 3.14. The standard InChI is InChI=1S/C29H34F3N3O5.CH4/c1-19(2)21-10-13-28(14-11-21)18-34(23-4-3-5-24(16-23)40-29(30,31)32)27(39)35(28)17-20-6-8-22(9-7-20)26(38)33-15-12-25(36)37;/h3-9,16,19,21H,10-15,17-18H2,1-2H3,(H,33,38)(H,36,37);1H4. The van der Waals surface area contributed by atoms with Crippen LogP contribution in [-0.2, 0) is 11.3 Å². The van der Waals surface area contributed by atoms with Crippen LogP contribution in [0.3, 0.4) is 0 Å². The summed E-state index contributed by atoms with van der Waals surface area (Å²) >= 11 is 0. The molecule has 0 unspecified atom stereocenters. The van der Waals surface area contributed by atoms with Gasteiger partial charge in [-0.15, -0.1) is 13.2 Å². The van der Waals surface area contributed by atoms with E-state index in [1.54, 1.807) is 30.3 Å². The molecule has 1 saturated heterocycles. The molecule has 4 rings (SSSR count). The topological polar surface area (TPSA) is 99.2 Å². The minimum absolute atomic E-state index is 0. The predicted molar refractivity (Wildman–Crippen MR) is 149 cm³/mol. The fourth-order valence-electron chi connectivity index (χ4n) is 5.68. The normalized spacial score (nSPS) is 20.7. The number of urea groups is 1. The van der Waals surface area contributed by atoms with Crippen LogP contribution in [0.15, 0.2) is 48.5 Å². The third kappa shape index (κ3) is 7.71. The number of carboxylic acids is 1. The van der Waals surface area contributed by atoms with Crippen molar-refractivity contribution in [1.82, 2.24) is 10.2 Å². The van der Waals surface area contributed by atoms with Gasteiger partial charge in [0.2, 0.25) is 0 Å². The highest BCUT2D eigenvalue weighted by molar-refractivity contribution is 5.96. The lowest BCUT2D eigenvalue weighted by molar-refractivity contribution is -0.274. The second-order valence-electron chi connectivity index (χ2n) is 10.9. The molecule has 1 aliphatic heterocycles. The Bertz CT molecular complexity index is 1220. The summed E-state index contributed by atoms with van der Waals surface area (Å²) in [4.78, 5) is 40.2. The Labute approximate surface area is 238 Å². The Morgan fingerprint density at radius 2 is 1.78 bits per heavy atom. The van der Waals surface area contributed by atoms with Gasteiger partial charge in [-0.25, -0.2) is 4.79 Å². The molecule has 0 aromatic heterocycles. The second-order valence-corrected chi connectivity index (χ2v) is 10.9. The maximum absolute atomic E-state index is 13.8. The summed E-state index contributed by atoms with van der Waals surface area (Å²) in [7, 11) is 0. The summed E-state index contributed by atoms with van der Waals surface area (Å²) in [5.41, 5.74) is 1.04. The van der Waals surface area contributed by atoms with E-state index in [0.29, 0.717) is 29.6 Å². The van der Waals surface area contributed by atoms with Crippen LogP contribution in [0, 0.1) is 11.8 Å². The van der Waals surface area contributed by atoms with E-state index in [4.69, 9.17) is 5.11 Å². The highest BCUT2D eigenvalue weighted by Gasteiger charge is 2.51. The fourth-order valence-corrected chi connectivity index (χ4v) is 5.68. The van der Waals surface area contributed by atoms with Crippen molar-refractivity contribution < 1.29 is 37.4 Å². The Morgan fingerprint density at radius 3 is 2.37 bits per heavy atom. The molecular weight excluding hydrogens is 539 g/mol. The SMILES string of the molecule is C.CC(C)C1CCC2(CC1)CN(c1cccc(OC(F)(F)F)c1)C(=O)N2Cc1ccc(C(=O)NCCC(=O)O)cc1. The number of nitrogens with one attached hydrogen (secondary N) is 1.